The van der Waals surface area contributed by atoms with E-state index in [4.69, 9.17) is 10.8 Å². The zero-order chi connectivity index (χ0) is 13.7. The van der Waals surface area contributed by atoms with Crippen LogP contribution in [0.4, 0.5) is 4.79 Å². The van der Waals surface area contributed by atoms with E-state index in [1.54, 1.807) is 12.3 Å². The molecule has 19 heavy (non-hydrogen) atoms. The summed E-state index contributed by atoms with van der Waals surface area (Å²) in [5.74, 6) is 0. The minimum Gasteiger partial charge on any atom is -0.390 e. The monoisotopic (exact) mass is 257 g/mol. The van der Waals surface area contributed by atoms with Crippen molar-refractivity contribution in [2.24, 2.45) is 5.73 Å². The van der Waals surface area contributed by atoms with Crippen molar-refractivity contribution < 1.29 is 9.90 Å². The van der Waals surface area contributed by atoms with Gasteiger partial charge in [-0.3, -0.25) is 4.98 Å². The van der Waals surface area contributed by atoms with Gasteiger partial charge in [-0.2, -0.15) is 0 Å². The molecule has 0 bridgehead atoms. The number of carbonyl (C=O) groups excluding carboxylic acids is 1. The Morgan fingerprint density at radius 1 is 1.26 bits per heavy atom. The normalized spacial score (nSPS) is 10.2. The van der Waals surface area contributed by atoms with E-state index in [1.807, 2.05) is 30.3 Å². The number of nitrogens with zero attached hydrogens (tertiary/aromatic N) is 1. The first-order chi connectivity index (χ1) is 9.19. The quantitative estimate of drug-likeness (QED) is 0.773. The highest BCUT2D eigenvalue weighted by Gasteiger charge is 2.01. The number of pyridine rings is 1. The van der Waals surface area contributed by atoms with Crippen LogP contribution in [0.5, 0.6) is 0 Å². The number of primary amides is 1. The number of hydrogen-bond acceptors (Lipinski definition) is 3. The smallest absolute Gasteiger partial charge is 0.312 e. The molecule has 2 rings (SSSR count). The average Bonchev–Trinajstić information content (AvgIpc) is 2.45. The van der Waals surface area contributed by atoms with Crippen molar-refractivity contribution in [1.29, 1.82) is 0 Å². The van der Waals surface area contributed by atoms with Crippen molar-refractivity contribution in [2.75, 3.05) is 0 Å². The van der Waals surface area contributed by atoms with Crippen LogP contribution in [0.25, 0.3) is 11.1 Å². The SMILES string of the molecule is NC(=O)NCc1cccc(-c2ccc(CO)nc2)c1. The maximum atomic E-state index is 10.7. The van der Waals surface area contributed by atoms with Crippen LogP contribution in [-0.4, -0.2) is 16.1 Å². The summed E-state index contributed by atoms with van der Waals surface area (Å²) in [6.45, 7) is 0.328. The number of nitrogens with two attached hydrogens (primary N) is 1. The van der Waals surface area contributed by atoms with Crippen LogP contribution in [0.2, 0.25) is 0 Å². The van der Waals surface area contributed by atoms with E-state index in [9.17, 15) is 4.79 Å². The van der Waals surface area contributed by atoms with Crippen LogP contribution in [0.3, 0.4) is 0 Å². The van der Waals surface area contributed by atoms with E-state index in [-0.39, 0.29) is 6.61 Å². The third kappa shape index (κ3) is 3.53. The highest BCUT2D eigenvalue weighted by molar-refractivity contribution is 5.71. The van der Waals surface area contributed by atoms with Gasteiger partial charge in [-0.05, 0) is 23.3 Å². The molecule has 5 nitrogen and oxygen atoms in total. The van der Waals surface area contributed by atoms with Gasteiger partial charge >= 0.3 is 6.03 Å². The summed E-state index contributed by atoms with van der Waals surface area (Å²) < 4.78 is 0. The van der Waals surface area contributed by atoms with E-state index in [0.717, 1.165) is 16.7 Å². The van der Waals surface area contributed by atoms with Crippen LogP contribution >= 0.6 is 0 Å². The first-order valence-electron chi connectivity index (χ1n) is 5.87. The van der Waals surface area contributed by atoms with Crippen LogP contribution in [0.1, 0.15) is 11.3 Å². The molecule has 98 valence electrons. The molecule has 0 fully saturated rings. The number of rotatable bonds is 4. The van der Waals surface area contributed by atoms with E-state index in [1.165, 1.54) is 0 Å². The van der Waals surface area contributed by atoms with Gasteiger partial charge in [-0.25, -0.2) is 4.79 Å². The Kier molecular flexibility index (Phi) is 4.10. The van der Waals surface area contributed by atoms with E-state index >= 15 is 0 Å². The van der Waals surface area contributed by atoms with Crippen molar-refractivity contribution in [3.8, 4) is 11.1 Å². The molecular formula is C14H15N3O2. The molecule has 2 aromatic rings. The molecule has 0 saturated heterocycles. The zero-order valence-corrected chi connectivity index (χ0v) is 10.3. The summed E-state index contributed by atoms with van der Waals surface area (Å²) in [5, 5.41) is 11.5. The lowest BCUT2D eigenvalue weighted by Crippen LogP contribution is -2.28. The standard InChI is InChI=1S/C14H15N3O2/c15-14(19)17-7-10-2-1-3-11(6-10)12-4-5-13(9-18)16-8-12/h1-6,8,18H,7,9H2,(H3,15,17,19). The van der Waals surface area contributed by atoms with Gasteiger partial charge in [0, 0.05) is 18.3 Å². The van der Waals surface area contributed by atoms with Crippen LogP contribution in [-0.2, 0) is 13.2 Å². The predicted molar refractivity (Wildman–Crippen MR) is 72.0 cm³/mol. The largest absolute Gasteiger partial charge is 0.390 e. The number of nitrogens with one attached hydrogen (secondary N) is 1. The Labute approximate surface area is 111 Å². The molecule has 1 aromatic carbocycles. The van der Waals surface area contributed by atoms with Crippen LogP contribution in [0, 0.1) is 0 Å². The van der Waals surface area contributed by atoms with Crippen LogP contribution in [0.15, 0.2) is 42.6 Å². The van der Waals surface area contributed by atoms with Crippen molar-refractivity contribution in [2.45, 2.75) is 13.2 Å². The molecule has 2 amide bonds. The highest BCUT2D eigenvalue weighted by Crippen LogP contribution is 2.19. The Hall–Kier alpha value is -2.40. The molecule has 0 aliphatic carbocycles. The zero-order valence-electron chi connectivity index (χ0n) is 10.3. The Balaban J connectivity index is 2.19. The number of benzene rings is 1. The maximum Gasteiger partial charge on any atom is 0.312 e. The van der Waals surface area contributed by atoms with Gasteiger partial charge in [0.1, 0.15) is 0 Å². The van der Waals surface area contributed by atoms with Gasteiger partial charge in [-0.15, -0.1) is 0 Å². The molecule has 0 aliphatic rings. The van der Waals surface area contributed by atoms with Gasteiger partial charge in [0.05, 0.1) is 12.3 Å². The van der Waals surface area contributed by atoms with Gasteiger partial charge < -0.3 is 16.2 Å². The van der Waals surface area contributed by atoms with Gasteiger partial charge in [-0.1, -0.05) is 24.3 Å². The number of urea groups is 1. The first kappa shape index (κ1) is 13.0. The highest BCUT2D eigenvalue weighted by atomic mass is 16.3. The molecular weight excluding hydrogens is 242 g/mol. The summed E-state index contributed by atoms with van der Waals surface area (Å²) in [6, 6.07) is 10.9. The van der Waals surface area contributed by atoms with Crippen LogP contribution < -0.4 is 11.1 Å². The summed E-state index contributed by atoms with van der Waals surface area (Å²) in [4.78, 5) is 14.8. The summed E-state index contributed by atoms with van der Waals surface area (Å²) >= 11 is 0. The average molecular weight is 257 g/mol. The number of carbonyl (C=O) groups is 1. The first-order valence-corrected chi connectivity index (χ1v) is 5.87. The lowest BCUT2D eigenvalue weighted by Gasteiger charge is -2.06. The molecule has 5 heteroatoms. The van der Waals surface area contributed by atoms with Crippen molar-refractivity contribution in [3.63, 3.8) is 0 Å². The Bertz CT molecular complexity index is 567. The topological polar surface area (TPSA) is 88.2 Å². The molecule has 1 heterocycles. The van der Waals surface area contributed by atoms with E-state index in [2.05, 4.69) is 10.3 Å². The molecule has 4 N–H and O–H groups in total. The minimum absolute atomic E-state index is 0.0666. The van der Waals surface area contributed by atoms with E-state index < -0.39 is 6.03 Å². The Morgan fingerprint density at radius 2 is 2.11 bits per heavy atom. The number of aliphatic hydroxyl groups excluding tert-OH is 1. The van der Waals surface area contributed by atoms with Gasteiger partial charge in [0.2, 0.25) is 0 Å². The van der Waals surface area contributed by atoms with Gasteiger partial charge in [0.25, 0.3) is 0 Å². The van der Waals surface area contributed by atoms with Crippen molar-refractivity contribution >= 4 is 6.03 Å². The summed E-state index contributed by atoms with van der Waals surface area (Å²) in [7, 11) is 0. The number of amides is 2. The summed E-state index contributed by atoms with van der Waals surface area (Å²) in [5.41, 5.74) is 8.59. The lowest BCUT2D eigenvalue weighted by atomic mass is 10.0. The third-order valence-corrected chi connectivity index (χ3v) is 2.71. The minimum atomic E-state index is -0.542. The number of hydrogen-bond donors (Lipinski definition) is 3. The second-order valence-electron chi connectivity index (χ2n) is 4.11. The van der Waals surface area contributed by atoms with Gasteiger partial charge in [0.15, 0.2) is 0 Å². The van der Waals surface area contributed by atoms with Crippen molar-refractivity contribution in [3.05, 3.63) is 53.9 Å². The molecule has 0 radical (unpaired) electrons. The fourth-order valence-corrected chi connectivity index (χ4v) is 1.74. The molecule has 0 aliphatic heterocycles. The molecule has 0 atom stereocenters. The fourth-order valence-electron chi connectivity index (χ4n) is 1.74. The lowest BCUT2D eigenvalue weighted by molar-refractivity contribution is 0.248. The molecule has 0 saturated carbocycles. The second kappa shape index (κ2) is 5.97. The number of aromatic nitrogens is 1. The predicted octanol–water partition coefficient (Wildman–Crippen LogP) is 1.41. The fraction of sp³-hybridized carbons (Fsp3) is 0.143. The maximum absolute atomic E-state index is 10.7. The Morgan fingerprint density at radius 3 is 2.74 bits per heavy atom. The van der Waals surface area contributed by atoms with E-state index in [0.29, 0.717) is 12.2 Å². The number of aliphatic hydroxyl groups is 1. The molecule has 0 unspecified atom stereocenters. The third-order valence-electron chi connectivity index (χ3n) is 2.71. The molecule has 1 aromatic heterocycles. The summed E-state index contributed by atoms with van der Waals surface area (Å²) in [6.07, 6.45) is 1.71. The van der Waals surface area contributed by atoms with Crippen molar-refractivity contribution in [1.82, 2.24) is 10.3 Å². The second-order valence-corrected chi connectivity index (χ2v) is 4.11. The molecule has 0 spiro atoms.